The normalized spacial score (nSPS) is 10.8. The van der Waals surface area contributed by atoms with Crippen molar-refractivity contribution in [3.8, 4) is 17.2 Å². The molecule has 22 heavy (non-hydrogen) atoms. The molecule has 6 heteroatoms. The Labute approximate surface area is 127 Å². The Morgan fingerprint density at radius 3 is 2.59 bits per heavy atom. The number of rotatable bonds is 5. The molecule has 0 bridgehead atoms. The number of carbonyl (C=O) groups is 1. The molecule has 0 heterocycles. The Bertz CT molecular complexity index is 724. The van der Waals surface area contributed by atoms with Gasteiger partial charge in [0.25, 0.3) is 0 Å². The van der Waals surface area contributed by atoms with E-state index in [1.54, 1.807) is 12.1 Å². The molecule has 0 atom stereocenters. The Hall–Kier alpha value is -3.02. The van der Waals surface area contributed by atoms with Gasteiger partial charge in [-0.2, -0.15) is 0 Å². The Morgan fingerprint density at radius 2 is 1.91 bits per heavy atom. The van der Waals surface area contributed by atoms with Gasteiger partial charge in [0, 0.05) is 6.21 Å². The summed E-state index contributed by atoms with van der Waals surface area (Å²) < 4.78 is 5.27. The molecule has 0 aliphatic rings. The Balaban J connectivity index is 2.27. The highest BCUT2D eigenvalue weighted by Crippen LogP contribution is 2.27. The highest BCUT2D eigenvalue weighted by atomic mass is 16.5. The predicted octanol–water partition coefficient (Wildman–Crippen LogP) is 2.95. The molecule has 0 aliphatic carbocycles. The largest absolute Gasteiger partial charge is 0.507 e. The van der Waals surface area contributed by atoms with Crippen molar-refractivity contribution in [3.63, 3.8) is 0 Å². The van der Waals surface area contributed by atoms with Crippen LogP contribution in [0.15, 0.2) is 41.4 Å². The standard InChI is InChI=1S/C16H15NO5/c1-2-22-15-7-10(3-5-14(15)19)9-17-11-4-6-13(18)12(8-11)16(20)21/h3-9,18-19H,2H2,1H3,(H,20,21). The van der Waals surface area contributed by atoms with Crippen LogP contribution in [0.4, 0.5) is 5.69 Å². The quantitative estimate of drug-likeness (QED) is 0.737. The van der Waals surface area contributed by atoms with Gasteiger partial charge in [-0.3, -0.25) is 4.99 Å². The third-order valence-electron chi connectivity index (χ3n) is 2.86. The first kappa shape index (κ1) is 15.4. The zero-order valence-electron chi connectivity index (χ0n) is 11.9. The molecule has 0 saturated heterocycles. The molecule has 0 aliphatic heterocycles. The van der Waals surface area contributed by atoms with Crippen LogP contribution in [0.2, 0.25) is 0 Å². The molecule has 0 aromatic heterocycles. The summed E-state index contributed by atoms with van der Waals surface area (Å²) in [7, 11) is 0. The van der Waals surface area contributed by atoms with Gasteiger partial charge >= 0.3 is 5.97 Å². The average molecular weight is 301 g/mol. The number of benzene rings is 2. The van der Waals surface area contributed by atoms with Gasteiger partial charge in [-0.1, -0.05) is 0 Å². The van der Waals surface area contributed by atoms with Gasteiger partial charge in [0.15, 0.2) is 11.5 Å². The maximum Gasteiger partial charge on any atom is 0.339 e. The monoisotopic (exact) mass is 301 g/mol. The van der Waals surface area contributed by atoms with Crippen LogP contribution in [0.1, 0.15) is 22.8 Å². The van der Waals surface area contributed by atoms with Crippen LogP contribution in [-0.2, 0) is 0 Å². The van der Waals surface area contributed by atoms with Crippen molar-refractivity contribution in [2.45, 2.75) is 6.92 Å². The third kappa shape index (κ3) is 3.54. The summed E-state index contributed by atoms with van der Waals surface area (Å²) in [5, 5.41) is 28.0. The van der Waals surface area contributed by atoms with E-state index in [0.29, 0.717) is 23.6 Å². The molecular formula is C16H15NO5. The van der Waals surface area contributed by atoms with Gasteiger partial charge in [0.1, 0.15) is 11.3 Å². The molecule has 6 nitrogen and oxygen atoms in total. The first-order chi connectivity index (χ1) is 10.5. The second-order valence-electron chi connectivity index (χ2n) is 4.42. The lowest BCUT2D eigenvalue weighted by Gasteiger charge is -2.06. The van der Waals surface area contributed by atoms with Crippen molar-refractivity contribution in [1.29, 1.82) is 0 Å². The SMILES string of the molecule is CCOc1cc(C=Nc2ccc(O)c(C(=O)O)c2)ccc1O. The van der Waals surface area contributed by atoms with Crippen molar-refractivity contribution in [3.05, 3.63) is 47.5 Å². The summed E-state index contributed by atoms with van der Waals surface area (Å²) in [6, 6.07) is 8.82. The summed E-state index contributed by atoms with van der Waals surface area (Å²) in [5.74, 6) is -1.15. The topological polar surface area (TPSA) is 99.4 Å². The summed E-state index contributed by atoms with van der Waals surface area (Å²) in [6.45, 7) is 2.23. The molecular weight excluding hydrogens is 286 g/mol. The number of hydrogen-bond donors (Lipinski definition) is 3. The minimum absolute atomic E-state index is 0.0387. The number of carboxylic acids is 1. The maximum absolute atomic E-state index is 10.9. The smallest absolute Gasteiger partial charge is 0.339 e. The summed E-state index contributed by atoms with van der Waals surface area (Å²) >= 11 is 0. The first-order valence-electron chi connectivity index (χ1n) is 6.57. The number of aromatic hydroxyl groups is 2. The number of ether oxygens (including phenoxy) is 1. The summed E-state index contributed by atoms with van der Waals surface area (Å²) in [4.78, 5) is 15.1. The van der Waals surface area contributed by atoms with Crippen molar-refractivity contribution in [2.75, 3.05) is 6.61 Å². The van der Waals surface area contributed by atoms with E-state index in [2.05, 4.69) is 4.99 Å². The van der Waals surface area contributed by atoms with Crippen molar-refractivity contribution in [2.24, 2.45) is 4.99 Å². The molecule has 0 unspecified atom stereocenters. The van der Waals surface area contributed by atoms with Gasteiger partial charge in [-0.25, -0.2) is 4.79 Å². The maximum atomic E-state index is 10.9. The fourth-order valence-electron chi connectivity index (χ4n) is 1.81. The van der Waals surface area contributed by atoms with Gasteiger partial charge in [0.05, 0.1) is 12.3 Å². The molecule has 0 amide bonds. The molecule has 2 aromatic carbocycles. The Morgan fingerprint density at radius 1 is 1.18 bits per heavy atom. The van der Waals surface area contributed by atoms with Crippen LogP contribution >= 0.6 is 0 Å². The lowest BCUT2D eigenvalue weighted by Crippen LogP contribution is -1.96. The molecule has 114 valence electrons. The van der Waals surface area contributed by atoms with Gasteiger partial charge in [-0.15, -0.1) is 0 Å². The highest BCUT2D eigenvalue weighted by molar-refractivity contribution is 5.92. The molecule has 2 aromatic rings. The number of aliphatic imine (C=N–C) groups is 1. The van der Waals surface area contributed by atoms with Crippen LogP contribution in [0.3, 0.4) is 0 Å². The average Bonchev–Trinajstić information content (AvgIpc) is 2.49. The van der Waals surface area contributed by atoms with E-state index in [0.717, 1.165) is 0 Å². The number of hydrogen-bond acceptors (Lipinski definition) is 5. The van der Waals surface area contributed by atoms with E-state index >= 15 is 0 Å². The minimum Gasteiger partial charge on any atom is -0.507 e. The third-order valence-corrected chi connectivity index (χ3v) is 2.86. The molecule has 0 spiro atoms. The van der Waals surface area contributed by atoms with Crippen molar-refractivity contribution >= 4 is 17.9 Å². The molecule has 2 rings (SSSR count). The molecule has 0 saturated carbocycles. The lowest BCUT2D eigenvalue weighted by molar-refractivity contribution is 0.0694. The van der Waals surface area contributed by atoms with E-state index < -0.39 is 5.97 Å². The summed E-state index contributed by atoms with van der Waals surface area (Å²) in [5.41, 5.74) is 0.864. The fraction of sp³-hybridized carbons (Fsp3) is 0.125. The van der Waals surface area contributed by atoms with Crippen molar-refractivity contribution in [1.82, 2.24) is 0 Å². The molecule has 0 fully saturated rings. The minimum atomic E-state index is -1.22. The van der Waals surface area contributed by atoms with Crippen LogP contribution < -0.4 is 4.74 Å². The number of aromatic carboxylic acids is 1. The van der Waals surface area contributed by atoms with E-state index in [1.165, 1.54) is 30.5 Å². The number of phenolic OH excluding ortho intramolecular Hbond substituents is 1. The zero-order valence-corrected chi connectivity index (χ0v) is 11.9. The van der Waals surface area contributed by atoms with Gasteiger partial charge < -0.3 is 20.1 Å². The number of carboxylic acid groups (broad SMARTS) is 1. The van der Waals surface area contributed by atoms with Gasteiger partial charge in [0.2, 0.25) is 0 Å². The van der Waals surface area contributed by atoms with Crippen LogP contribution in [0, 0.1) is 0 Å². The Kier molecular flexibility index (Phi) is 4.63. The van der Waals surface area contributed by atoms with E-state index in [1.807, 2.05) is 6.92 Å². The van der Waals surface area contributed by atoms with Crippen LogP contribution in [0.5, 0.6) is 17.2 Å². The molecule has 3 N–H and O–H groups in total. The van der Waals surface area contributed by atoms with E-state index in [4.69, 9.17) is 9.84 Å². The fourth-order valence-corrected chi connectivity index (χ4v) is 1.81. The van der Waals surface area contributed by atoms with Crippen molar-refractivity contribution < 1.29 is 24.9 Å². The number of phenols is 2. The second-order valence-corrected chi connectivity index (χ2v) is 4.42. The molecule has 0 radical (unpaired) electrons. The van der Waals surface area contributed by atoms with E-state index in [9.17, 15) is 15.0 Å². The first-order valence-corrected chi connectivity index (χ1v) is 6.57. The number of nitrogens with zero attached hydrogens (tertiary/aromatic N) is 1. The zero-order chi connectivity index (χ0) is 16.1. The van der Waals surface area contributed by atoms with Crippen LogP contribution in [0.25, 0.3) is 0 Å². The van der Waals surface area contributed by atoms with Crippen LogP contribution in [-0.4, -0.2) is 34.1 Å². The van der Waals surface area contributed by atoms with E-state index in [-0.39, 0.29) is 17.1 Å². The highest BCUT2D eigenvalue weighted by Gasteiger charge is 2.09. The summed E-state index contributed by atoms with van der Waals surface area (Å²) in [6.07, 6.45) is 1.51. The lowest BCUT2D eigenvalue weighted by atomic mass is 10.2. The van der Waals surface area contributed by atoms with Gasteiger partial charge in [-0.05, 0) is 48.9 Å². The second kappa shape index (κ2) is 6.62. The predicted molar refractivity (Wildman–Crippen MR) is 81.6 cm³/mol.